The largest absolute Gasteiger partial charge is 0.309 e. The van der Waals surface area contributed by atoms with Crippen LogP contribution in [0.25, 0.3) is 0 Å². The standard InChI is InChI=1S/C11H18IN/c1-4-6-10(7-5-8-12)11(13)9(2)3/h4-5,8-10,13H,1,6-7H2,2-3H3/b8-5-,13-11?. The van der Waals surface area contributed by atoms with Crippen LogP contribution in [0.1, 0.15) is 26.7 Å². The number of halogens is 1. The average Bonchev–Trinajstić information content (AvgIpc) is 2.11. The fourth-order valence-corrected chi connectivity index (χ4v) is 1.53. The highest BCUT2D eigenvalue weighted by atomic mass is 127. The molecule has 1 N–H and O–H groups in total. The highest BCUT2D eigenvalue weighted by Gasteiger charge is 2.14. The van der Waals surface area contributed by atoms with Gasteiger partial charge in [-0.1, -0.05) is 48.6 Å². The van der Waals surface area contributed by atoms with Crippen molar-refractivity contribution in [2.75, 3.05) is 0 Å². The van der Waals surface area contributed by atoms with Crippen LogP contribution in [0.15, 0.2) is 22.8 Å². The monoisotopic (exact) mass is 291 g/mol. The molecular weight excluding hydrogens is 273 g/mol. The first-order chi connectivity index (χ1) is 6.13. The van der Waals surface area contributed by atoms with Crippen molar-refractivity contribution in [3.63, 3.8) is 0 Å². The third-order valence-electron chi connectivity index (χ3n) is 2.02. The van der Waals surface area contributed by atoms with Gasteiger partial charge in [0.2, 0.25) is 0 Å². The van der Waals surface area contributed by atoms with Gasteiger partial charge >= 0.3 is 0 Å². The molecule has 1 nitrogen and oxygen atoms in total. The van der Waals surface area contributed by atoms with E-state index in [1.54, 1.807) is 0 Å². The molecule has 0 heterocycles. The van der Waals surface area contributed by atoms with Crippen molar-refractivity contribution in [1.29, 1.82) is 5.41 Å². The second kappa shape index (κ2) is 7.30. The molecule has 2 heteroatoms. The summed E-state index contributed by atoms with van der Waals surface area (Å²) in [6, 6.07) is 0. The first-order valence-electron chi connectivity index (χ1n) is 4.57. The van der Waals surface area contributed by atoms with Crippen molar-refractivity contribution >= 4 is 28.3 Å². The lowest BCUT2D eigenvalue weighted by atomic mass is 9.89. The summed E-state index contributed by atoms with van der Waals surface area (Å²) in [6.07, 6.45) is 5.90. The van der Waals surface area contributed by atoms with Gasteiger partial charge < -0.3 is 5.41 Å². The van der Waals surface area contributed by atoms with E-state index >= 15 is 0 Å². The molecule has 0 saturated heterocycles. The zero-order valence-electron chi connectivity index (χ0n) is 8.39. The van der Waals surface area contributed by atoms with Gasteiger partial charge in [-0.15, -0.1) is 6.58 Å². The molecule has 0 aliphatic carbocycles. The molecule has 0 aliphatic rings. The smallest absolute Gasteiger partial charge is 0.0152 e. The van der Waals surface area contributed by atoms with Crippen molar-refractivity contribution in [1.82, 2.24) is 0 Å². The van der Waals surface area contributed by atoms with Gasteiger partial charge in [-0.25, -0.2) is 0 Å². The Morgan fingerprint density at radius 3 is 2.46 bits per heavy atom. The van der Waals surface area contributed by atoms with E-state index < -0.39 is 0 Å². The molecule has 0 aromatic heterocycles. The molecule has 13 heavy (non-hydrogen) atoms. The van der Waals surface area contributed by atoms with Gasteiger partial charge in [0.15, 0.2) is 0 Å². The molecule has 0 saturated carbocycles. The molecule has 0 amide bonds. The average molecular weight is 291 g/mol. The van der Waals surface area contributed by atoms with Crippen molar-refractivity contribution in [3.05, 3.63) is 22.8 Å². The van der Waals surface area contributed by atoms with E-state index in [1.165, 1.54) is 0 Å². The molecule has 0 aromatic rings. The Hall–Kier alpha value is -0.120. The highest BCUT2D eigenvalue weighted by Crippen LogP contribution is 2.17. The van der Waals surface area contributed by atoms with Gasteiger partial charge in [-0.05, 0) is 22.8 Å². The zero-order chi connectivity index (χ0) is 10.3. The van der Waals surface area contributed by atoms with E-state index in [1.807, 2.05) is 10.2 Å². The van der Waals surface area contributed by atoms with Gasteiger partial charge in [-0.3, -0.25) is 0 Å². The lowest BCUT2D eigenvalue weighted by Gasteiger charge is -2.17. The summed E-state index contributed by atoms with van der Waals surface area (Å²) < 4.78 is 2.02. The Labute approximate surface area is 95.0 Å². The van der Waals surface area contributed by atoms with E-state index in [2.05, 4.69) is 49.1 Å². The molecular formula is C11H18IN. The minimum atomic E-state index is 0.350. The maximum atomic E-state index is 7.90. The zero-order valence-corrected chi connectivity index (χ0v) is 10.5. The van der Waals surface area contributed by atoms with Gasteiger partial charge in [0.25, 0.3) is 0 Å². The fourth-order valence-electron chi connectivity index (χ4n) is 1.24. The Kier molecular flexibility index (Phi) is 7.23. The Morgan fingerprint density at radius 2 is 2.08 bits per heavy atom. The maximum Gasteiger partial charge on any atom is 0.0152 e. The number of rotatable bonds is 6. The van der Waals surface area contributed by atoms with Crippen LogP contribution in [0.3, 0.4) is 0 Å². The summed E-state index contributed by atoms with van der Waals surface area (Å²) in [5.41, 5.74) is 0.842. The van der Waals surface area contributed by atoms with E-state index in [0.29, 0.717) is 11.8 Å². The first-order valence-corrected chi connectivity index (χ1v) is 5.82. The van der Waals surface area contributed by atoms with Crippen LogP contribution < -0.4 is 0 Å². The summed E-state index contributed by atoms with van der Waals surface area (Å²) in [6.45, 7) is 7.88. The third kappa shape index (κ3) is 5.24. The van der Waals surface area contributed by atoms with E-state index in [0.717, 1.165) is 18.6 Å². The summed E-state index contributed by atoms with van der Waals surface area (Å²) in [5, 5.41) is 7.90. The number of hydrogen-bond acceptors (Lipinski definition) is 1. The Morgan fingerprint density at radius 1 is 1.46 bits per heavy atom. The molecule has 0 bridgehead atoms. The van der Waals surface area contributed by atoms with Crippen LogP contribution in [0.5, 0.6) is 0 Å². The van der Waals surface area contributed by atoms with Crippen molar-refractivity contribution in [3.8, 4) is 0 Å². The molecule has 74 valence electrons. The predicted molar refractivity (Wildman–Crippen MR) is 68.6 cm³/mol. The van der Waals surface area contributed by atoms with E-state index in [9.17, 15) is 0 Å². The Bertz CT molecular complexity index is 194. The van der Waals surface area contributed by atoms with E-state index in [4.69, 9.17) is 5.41 Å². The van der Waals surface area contributed by atoms with Gasteiger partial charge in [0, 0.05) is 11.6 Å². The van der Waals surface area contributed by atoms with Crippen LogP contribution >= 0.6 is 22.6 Å². The molecule has 1 atom stereocenters. The molecule has 0 rings (SSSR count). The molecule has 0 aliphatic heterocycles. The topological polar surface area (TPSA) is 23.9 Å². The first kappa shape index (κ1) is 12.9. The minimum Gasteiger partial charge on any atom is -0.309 e. The second-order valence-electron chi connectivity index (χ2n) is 3.43. The van der Waals surface area contributed by atoms with Gasteiger partial charge in [-0.2, -0.15) is 0 Å². The molecule has 1 unspecified atom stereocenters. The quantitative estimate of drug-likeness (QED) is 0.431. The van der Waals surface area contributed by atoms with Crippen LogP contribution in [-0.2, 0) is 0 Å². The van der Waals surface area contributed by atoms with Crippen molar-refractivity contribution in [2.45, 2.75) is 26.7 Å². The maximum absolute atomic E-state index is 7.90. The molecule has 0 fully saturated rings. The number of hydrogen-bond donors (Lipinski definition) is 1. The normalized spacial score (nSPS) is 13.5. The fraction of sp³-hybridized carbons (Fsp3) is 0.545. The number of allylic oxidation sites excluding steroid dienone is 2. The SMILES string of the molecule is C=CCC(C/C=C\I)C(=N)C(C)C. The summed E-state index contributed by atoms with van der Waals surface area (Å²) in [5.74, 6) is 0.705. The van der Waals surface area contributed by atoms with Crippen molar-refractivity contribution < 1.29 is 0 Å². The second-order valence-corrected chi connectivity index (χ2v) is 4.15. The van der Waals surface area contributed by atoms with Gasteiger partial charge in [0.05, 0.1) is 0 Å². The highest BCUT2D eigenvalue weighted by molar-refractivity contribution is 14.1. The van der Waals surface area contributed by atoms with Crippen LogP contribution in [0.4, 0.5) is 0 Å². The van der Waals surface area contributed by atoms with Crippen molar-refractivity contribution in [2.24, 2.45) is 11.8 Å². The minimum absolute atomic E-state index is 0.350. The summed E-state index contributed by atoms with van der Waals surface area (Å²) >= 11 is 2.21. The predicted octanol–water partition coefficient (Wildman–Crippen LogP) is 4.19. The third-order valence-corrected chi connectivity index (χ3v) is 2.53. The molecule has 0 spiro atoms. The lowest BCUT2D eigenvalue weighted by Crippen LogP contribution is -2.18. The molecule has 0 radical (unpaired) electrons. The number of nitrogens with one attached hydrogen (secondary N) is 1. The Balaban J connectivity index is 4.22. The lowest BCUT2D eigenvalue weighted by molar-refractivity contribution is 0.662. The molecule has 0 aromatic carbocycles. The van der Waals surface area contributed by atoms with Crippen LogP contribution in [0.2, 0.25) is 0 Å². The van der Waals surface area contributed by atoms with Gasteiger partial charge in [0.1, 0.15) is 0 Å². The van der Waals surface area contributed by atoms with Crippen LogP contribution in [0, 0.1) is 17.2 Å². The summed E-state index contributed by atoms with van der Waals surface area (Å²) in [7, 11) is 0. The summed E-state index contributed by atoms with van der Waals surface area (Å²) in [4.78, 5) is 0. The van der Waals surface area contributed by atoms with Crippen LogP contribution in [-0.4, -0.2) is 5.71 Å². The van der Waals surface area contributed by atoms with E-state index in [-0.39, 0.29) is 0 Å².